The minimum atomic E-state index is 0. The van der Waals surface area contributed by atoms with Crippen LogP contribution in [0.4, 0.5) is 0 Å². The number of hydrogen-bond acceptors (Lipinski definition) is 2. The van der Waals surface area contributed by atoms with Crippen LogP contribution in [0.1, 0.15) is 23.2 Å². The lowest BCUT2D eigenvalue weighted by Gasteiger charge is -2.34. The quantitative estimate of drug-likeness (QED) is 0.862. The number of piperazine rings is 1. The summed E-state index contributed by atoms with van der Waals surface area (Å²) in [6, 6.07) is 4.99. The van der Waals surface area contributed by atoms with Crippen LogP contribution in [-0.4, -0.2) is 36.0 Å². The van der Waals surface area contributed by atoms with E-state index in [9.17, 15) is 4.79 Å². The summed E-state index contributed by atoms with van der Waals surface area (Å²) >= 11 is 11.9. The van der Waals surface area contributed by atoms with Gasteiger partial charge in [-0.15, -0.1) is 12.4 Å². The molecule has 1 aromatic carbocycles. The van der Waals surface area contributed by atoms with Crippen LogP contribution in [-0.2, 0) is 0 Å². The third kappa shape index (κ3) is 3.16. The second kappa shape index (κ2) is 5.49. The molecule has 1 spiro atoms. The van der Waals surface area contributed by atoms with E-state index in [2.05, 4.69) is 5.32 Å². The summed E-state index contributed by atoms with van der Waals surface area (Å²) in [6.45, 7) is 2.39. The Morgan fingerprint density at radius 3 is 2.42 bits per heavy atom. The van der Waals surface area contributed by atoms with E-state index in [1.165, 1.54) is 0 Å². The van der Waals surface area contributed by atoms with Crippen LogP contribution in [0.3, 0.4) is 0 Å². The summed E-state index contributed by atoms with van der Waals surface area (Å²) in [5.74, 6) is 0.0205. The summed E-state index contributed by atoms with van der Waals surface area (Å²) in [4.78, 5) is 14.3. The smallest absolute Gasteiger partial charge is 0.254 e. The minimum absolute atomic E-state index is 0. The number of nitrogens with zero attached hydrogens (tertiary/aromatic N) is 1. The van der Waals surface area contributed by atoms with Crippen molar-refractivity contribution in [2.75, 3.05) is 19.6 Å². The van der Waals surface area contributed by atoms with Gasteiger partial charge in [-0.1, -0.05) is 23.2 Å². The molecular formula is C13H15Cl3N2O. The molecular weight excluding hydrogens is 307 g/mol. The highest BCUT2D eigenvalue weighted by atomic mass is 35.5. The molecule has 1 saturated carbocycles. The number of rotatable bonds is 1. The zero-order valence-corrected chi connectivity index (χ0v) is 12.6. The van der Waals surface area contributed by atoms with E-state index in [-0.39, 0.29) is 23.9 Å². The van der Waals surface area contributed by atoms with Crippen molar-refractivity contribution in [3.05, 3.63) is 33.8 Å². The van der Waals surface area contributed by atoms with E-state index in [1.807, 2.05) is 4.90 Å². The van der Waals surface area contributed by atoms with Gasteiger partial charge in [-0.2, -0.15) is 0 Å². The molecule has 1 aromatic rings. The molecule has 1 aliphatic carbocycles. The Morgan fingerprint density at radius 1 is 1.21 bits per heavy atom. The average molecular weight is 322 g/mol. The van der Waals surface area contributed by atoms with Crippen LogP contribution in [0.15, 0.2) is 18.2 Å². The lowest BCUT2D eigenvalue weighted by molar-refractivity contribution is 0.0691. The Bertz CT molecular complexity index is 482. The van der Waals surface area contributed by atoms with Crippen molar-refractivity contribution in [1.82, 2.24) is 10.2 Å². The van der Waals surface area contributed by atoms with Crippen molar-refractivity contribution < 1.29 is 4.79 Å². The number of amides is 1. The Hall–Kier alpha value is -0.480. The van der Waals surface area contributed by atoms with Crippen molar-refractivity contribution >= 4 is 41.5 Å². The fourth-order valence-electron chi connectivity index (χ4n) is 2.48. The van der Waals surface area contributed by atoms with E-state index in [1.54, 1.807) is 18.2 Å². The monoisotopic (exact) mass is 320 g/mol. The van der Waals surface area contributed by atoms with E-state index in [0.717, 1.165) is 32.5 Å². The Labute approximate surface area is 128 Å². The lowest BCUT2D eigenvalue weighted by Crippen LogP contribution is -2.54. The number of carbonyl (C=O) groups is 1. The van der Waals surface area contributed by atoms with Crippen molar-refractivity contribution in [1.29, 1.82) is 0 Å². The second-order valence-corrected chi connectivity index (χ2v) is 5.96. The van der Waals surface area contributed by atoms with E-state index < -0.39 is 0 Å². The Balaban J connectivity index is 0.00000133. The molecule has 104 valence electrons. The first-order valence-corrected chi connectivity index (χ1v) is 6.84. The normalized spacial score (nSPS) is 20.0. The number of carbonyl (C=O) groups excluding carboxylic acids is 1. The van der Waals surface area contributed by atoms with Crippen molar-refractivity contribution in [3.63, 3.8) is 0 Å². The molecule has 0 atom stereocenters. The van der Waals surface area contributed by atoms with E-state index in [4.69, 9.17) is 23.2 Å². The van der Waals surface area contributed by atoms with Gasteiger partial charge in [0, 0.05) is 40.8 Å². The Kier molecular flexibility index (Phi) is 4.31. The first-order chi connectivity index (χ1) is 8.58. The van der Waals surface area contributed by atoms with E-state index in [0.29, 0.717) is 15.6 Å². The standard InChI is InChI=1S/C13H14Cl2N2O.ClH/c14-10-5-9(6-11(15)7-10)12(18)17-4-3-16-13(8-17)1-2-13;/h5-7,16H,1-4,8H2;1H. The van der Waals surface area contributed by atoms with Gasteiger partial charge in [0.2, 0.25) is 0 Å². The fourth-order valence-corrected chi connectivity index (χ4v) is 3.00. The molecule has 0 aromatic heterocycles. The topological polar surface area (TPSA) is 32.3 Å². The van der Waals surface area contributed by atoms with Crippen LogP contribution in [0.25, 0.3) is 0 Å². The maximum atomic E-state index is 12.4. The van der Waals surface area contributed by atoms with Gasteiger partial charge in [0.05, 0.1) is 0 Å². The molecule has 0 bridgehead atoms. The molecule has 1 heterocycles. The minimum Gasteiger partial charge on any atom is -0.336 e. The predicted octanol–water partition coefficient (Wildman–Crippen LogP) is 2.99. The van der Waals surface area contributed by atoms with E-state index >= 15 is 0 Å². The zero-order valence-electron chi connectivity index (χ0n) is 10.3. The van der Waals surface area contributed by atoms with Crippen LogP contribution in [0.5, 0.6) is 0 Å². The van der Waals surface area contributed by atoms with Crippen molar-refractivity contribution in [2.45, 2.75) is 18.4 Å². The third-order valence-electron chi connectivity index (χ3n) is 3.63. The van der Waals surface area contributed by atoms with Gasteiger partial charge in [0.1, 0.15) is 0 Å². The number of benzene rings is 1. The summed E-state index contributed by atoms with van der Waals surface area (Å²) in [7, 11) is 0. The Morgan fingerprint density at radius 2 is 1.84 bits per heavy atom. The van der Waals surface area contributed by atoms with Gasteiger partial charge in [0.25, 0.3) is 5.91 Å². The van der Waals surface area contributed by atoms with Gasteiger partial charge in [-0.05, 0) is 31.0 Å². The number of hydrogen-bond donors (Lipinski definition) is 1. The van der Waals surface area contributed by atoms with Crippen molar-refractivity contribution in [3.8, 4) is 0 Å². The molecule has 1 saturated heterocycles. The molecule has 3 nitrogen and oxygen atoms in total. The van der Waals surface area contributed by atoms with Crippen LogP contribution < -0.4 is 5.32 Å². The highest BCUT2D eigenvalue weighted by molar-refractivity contribution is 6.35. The summed E-state index contributed by atoms with van der Waals surface area (Å²) in [6.07, 6.45) is 2.32. The molecule has 1 aliphatic heterocycles. The van der Waals surface area contributed by atoms with Gasteiger partial charge < -0.3 is 10.2 Å². The first kappa shape index (κ1) is 14.9. The fraction of sp³-hybridized carbons (Fsp3) is 0.462. The maximum Gasteiger partial charge on any atom is 0.254 e. The molecule has 2 fully saturated rings. The molecule has 6 heteroatoms. The maximum absolute atomic E-state index is 12.4. The second-order valence-electron chi connectivity index (χ2n) is 5.09. The molecule has 0 radical (unpaired) electrons. The SMILES string of the molecule is Cl.O=C(c1cc(Cl)cc(Cl)c1)N1CCNC2(CC2)C1. The number of nitrogens with one attached hydrogen (secondary N) is 1. The predicted molar refractivity (Wildman–Crippen MR) is 79.6 cm³/mol. The van der Waals surface area contributed by atoms with Crippen LogP contribution >= 0.6 is 35.6 Å². The summed E-state index contributed by atoms with van der Waals surface area (Å²) < 4.78 is 0. The molecule has 0 unspecified atom stereocenters. The molecule has 1 N–H and O–H groups in total. The van der Waals surface area contributed by atoms with Gasteiger partial charge in [-0.25, -0.2) is 0 Å². The van der Waals surface area contributed by atoms with Gasteiger partial charge in [0.15, 0.2) is 0 Å². The van der Waals surface area contributed by atoms with Crippen molar-refractivity contribution in [2.24, 2.45) is 0 Å². The van der Waals surface area contributed by atoms with Gasteiger partial charge in [-0.3, -0.25) is 4.79 Å². The molecule has 19 heavy (non-hydrogen) atoms. The average Bonchev–Trinajstić information content (AvgIpc) is 3.06. The first-order valence-electron chi connectivity index (χ1n) is 6.08. The largest absolute Gasteiger partial charge is 0.336 e. The highest BCUT2D eigenvalue weighted by Gasteiger charge is 2.46. The summed E-state index contributed by atoms with van der Waals surface area (Å²) in [5.41, 5.74) is 0.765. The summed E-state index contributed by atoms with van der Waals surface area (Å²) in [5, 5.41) is 4.49. The third-order valence-corrected chi connectivity index (χ3v) is 4.06. The van der Waals surface area contributed by atoms with Crippen LogP contribution in [0, 0.1) is 0 Å². The molecule has 1 amide bonds. The zero-order chi connectivity index (χ0) is 12.8. The molecule has 2 aliphatic rings. The highest BCUT2D eigenvalue weighted by Crippen LogP contribution is 2.37. The number of halogens is 3. The van der Waals surface area contributed by atoms with Crippen LogP contribution in [0.2, 0.25) is 10.0 Å². The van der Waals surface area contributed by atoms with Gasteiger partial charge >= 0.3 is 0 Å². The lowest BCUT2D eigenvalue weighted by atomic mass is 10.1. The molecule has 3 rings (SSSR count).